The quantitative estimate of drug-likeness (QED) is 0.728. The molecule has 3 heteroatoms. The first-order valence-corrected chi connectivity index (χ1v) is 6.22. The van der Waals surface area contributed by atoms with Gasteiger partial charge < -0.3 is 5.73 Å². The Kier molecular flexibility index (Phi) is 2.80. The number of nitrogens with zero attached hydrogens (tertiary/aromatic N) is 1. The lowest BCUT2D eigenvalue weighted by Crippen LogP contribution is -1.86. The van der Waals surface area contributed by atoms with Crippen molar-refractivity contribution in [2.75, 3.05) is 5.73 Å². The minimum absolute atomic E-state index is 0.558. The normalized spacial score (nSPS) is 10.6. The van der Waals surface area contributed by atoms with Crippen molar-refractivity contribution in [2.45, 2.75) is 6.92 Å². The molecule has 0 aliphatic heterocycles. The molecule has 0 aliphatic rings. The van der Waals surface area contributed by atoms with Crippen molar-refractivity contribution < 1.29 is 0 Å². The van der Waals surface area contributed by atoms with Crippen LogP contribution < -0.4 is 5.73 Å². The number of H-pyrrole nitrogens is 1. The molecule has 1 heterocycles. The van der Waals surface area contributed by atoms with Gasteiger partial charge in [0.1, 0.15) is 5.82 Å². The third-order valence-corrected chi connectivity index (χ3v) is 3.33. The maximum absolute atomic E-state index is 5.76. The first-order valence-electron chi connectivity index (χ1n) is 6.22. The van der Waals surface area contributed by atoms with Crippen LogP contribution in [0.4, 0.5) is 5.82 Å². The van der Waals surface area contributed by atoms with Crippen LogP contribution in [0.15, 0.2) is 54.6 Å². The zero-order chi connectivity index (χ0) is 13.2. The monoisotopic (exact) mass is 249 g/mol. The molecule has 0 atom stereocenters. The number of aromatic amines is 1. The van der Waals surface area contributed by atoms with E-state index in [1.807, 2.05) is 25.1 Å². The van der Waals surface area contributed by atoms with Gasteiger partial charge in [0.2, 0.25) is 0 Å². The number of anilines is 1. The zero-order valence-corrected chi connectivity index (χ0v) is 10.7. The van der Waals surface area contributed by atoms with Crippen molar-refractivity contribution in [1.82, 2.24) is 10.2 Å². The van der Waals surface area contributed by atoms with Crippen LogP contribution >= 0.6 is 0 Å². The van der Waals surface area contributed by atoms with Crippen LogP contribution in [0.3, 0.4) is 0 Å². The Balaban J connectivity index is 1.98. The molecule has 19 heavy (non-hydrogen) atoms. The molecule has 94 valence electrons. The number of nitrogens with one attached hydrogen (secondary N) is 1. The van der Waals surface area contributed by atoms with E-state index in [-0.39, 0.29) is 0 Å². The van der Waals surface area contributed by atoms with E-state index in [1.165, 1.54) is 11.1 Å². The molecule has 0 spiro atoms. The summed E-state index contributed by atoms with van der Waals surface area (Å²) >= 11 is 0. The summed E-state index contributed by atoms with van der Waals surface area (Å²) in [7, 11) is 0. The Morgan fingerprint density at radius 3 is 2.00 bits per heavy atom. The Morgan fingerprint density at radius 1 is 0.842 bits per heavy atom. The minimum Gasteiger partial charge on any atom is -0.382 e. The third kappa shape index (κ3) is 2.10. The summed E-state index contributed by atoms with van der Waals surface area (Å²) in [5.41, 5.74) is 11.3. The highest BCUT2D eigenvalue weighted by Gasteiger charge is 2.08. The van der Waals surface area contributed by atoms with E-state index in [2.05, 4.69) is 46.6 Å². The first-order chi connectivity index (χ1) is 9.25. The summed E-state index contributed by atoms with van der Waals surface area (Å²) in [5.74, 6) is 0.558. The van der Waals surface area contributed by atoms with Crippen LogP contribution in [0.1, 0.15) is 5.56 Å². The van der Waals surface area contributed by atoms with E-state index in [4.69, 9.17) is 5.73 Å². The van der Waals surface area contributed by atoms with Crippen molar-refractivity contribution in [3.8, 4) is 22.4 Å². The molecule has 1 aromatic heterocycles. The van der Waals surface area contributed by atoms with Crippen LogP contribution in [0.2, 0.25) is 0 Å². The van der Waals surface area contributed by atoms with Gasteiger partial charge in [-0.15, -0.1) is 0 Å². The topological polar surface area (TPSA) is 54.7 Å². The Morgan fingerprint density at radius 2 is 1.42 bits per heavy atom. The number of nitrogen functional groups attached to an aromatic ring is 1. The molecule has 0 radical (unpaired) electrons. The molecule has 3 nitrogen and oxygen atoms in total. The maximum Gasteiger partial charge on any atom is 0.148 e. The molecule has 0 unspecified atom stereocenters. The fourth-order valence-electron chi connectivity index (χ4n) is 2.15. The Labute approximate surface area is 112 Å². The van der Waals surface area contributed by atoms with E-state index in [1.54, 1.807) is 0 Å². The highest BCUT2D eigenvalue weighted by atomic mass is 15.2. The second kappa shape index (κ2) is 4.61. The average molecular weight is 249 g/mol. The highest BCUT2D eigenvalue weighted by Crippen LogP contribution is 2.27. The van der Waals surface area contributed by atoms with Gasteiger partial charge in [-0.3, -0.25) is 5.10 Å². The molecule has 3 aromatic rings. The fraction of sp³-hybridized carbons (Fsp3) is 0.0625. The highest BCUT2D eigenvalue weighted by molar-refractivity contribution is 5.72. The van der Waals surface area contributed by atoms with Crippen LogP contribution in [-0.2, 0) is 0 Å². The van der Waals surface area contributed by atoms with Crippen LogP contribution in [0, 0.1) is 6.92 Å². The van der Waals surface area contributed by atoms with Gasteiger partial charge in [0.25, 0.3) is 0 Å². The number of rotatable bonds is 2. The van der Waals surface area contributed by atoms with Gasteiger partial charge in [0.05, 0.1) is 5.69 Å². The van der Waals surface area contributed by atoms with E-state index in [0.29, 0.717) is 5.82 Å². The summed E-state index contributed by atoms with van der Waals surface area (Å²) in [6, 6.07) is 18.7. The summed E-state index contributed by atoms with van der Waals surface area (Å²) in [6.45, 7) is 1.97. The third-order valence-electron chi connectivity index (χ3n) is 3.33. The smallest absolute Gasteiger partial charge is 0.148 e. The van der Waals surface area contributed by atoms with E-state index in [0.717, 1.165) is 16.8 Å². The molecule has 0 fully saturated rings. The first kappa shape index (κ1) is 11.5. The van der Waals surface area contributed by atoms with Crippen molar-refractivity contribution in [2.24, 2.45) is 0 Å². The summed E-state index contributed by atoms with van der Waals surface area (Å²) in [4.78, 5) is 0. The number of hydrogen-bond donors (Lipinski definition) is 2. The molecular formula is C16H15N3. The molecule has 0 aliphatic carbocycles. The minimum atomic E-state index is 0.558. The van der Waals surface area contributed by atoms with Crippen LogP contribution in [0.25, 0.3) is 22.4 Å². The fourth-order valence-corrected chi connectivity index (χ4v) is 2.15. The number of nitrogens with two attached hydrogens (primary N) is 1. The molecule has 0 bridgehead atoms. The number of benzene rings is 2. The molecule has 3 N–H and O–H groups in total. The molecule has 0 saturated heterocycles. The maximum atomic E-state index is 5.76. The van der Waals surface area contributed by atoms with Crippen LogP contribution in [-0.4, -0.2) is 10.2 Å². The number of aromatic nitrogens is 2. The average Bonchev–Trinajstić information content (AvgIpc) is 2.80. The van der Waals surface area contributed by atoms with E-state index >= 15 is 0 Å². The van der Waals surface area contributed by atoms with Gasteiger partial charge >= 0.3 is 0 Å². The van der Waals surface area contributed by atoms with Gasteiger partial charge in [0, 0.05) is 5.56 Å². The Bertz CT molecular complexity index is 682. The van der Waals surface area contributed by atoms with E-state index in [9.17, 15) is 0 Å². The lowest BCUT2D eigenvalue weighted by molar-refractivity contribution is 1.10. The van der Waals surface area contributed by atoms with Gasteiger partial charge in [-0.05, 0) is 23.6 Å². The van der Waals surface area contributed by atoms with Gasteiger partial charge in [-0.25, -0.2) is 0 Å². The molecule has 0 saturated carbocycles. The zero-order valence-electron chi connectivity index (χ0n) is 10.7. The van der Waals surface area contributed by atoms with Crippen LogP contribution in [0.5, 0.6) is 0 Å². The molecular weight excluding hydrogens is 234 g/mol. The van der Waals surface area contributed by atoms with Gasteiger partial charge in [0.15, 0.2) is 0 Å². The van der Waals surface area contributed by atoms with Crippen molar-refractivity contribution in [3.05, 3.63) is 60.2 Å². The molecule has 0 amide bonds. The SMILES string of the molecule is Cc1c(N)n[nH]c1-c1ccc(-c2ccccc2)cc1. The van der Waals surface area contributed by atoms with E-state index < -0.39 is 0 Å². The van der Waals surface area contributed by atoms with Crippen molar-refractivity contribution >= 4 is 5.82 Å². The predicted octanol–water partition coefficient (Wildman–Crippen LogP) is 3.63. The summed E-state index contributed by atoms with van der Waals surface area (Å²) in [5, 5.41) is 7.00. The predicted molar refractivity (Wildman–Crippen MR) is 78.6 cm³/mol. The largest absolute Gasteiger partial charge is 0.382 e. The summed E-state index contributed by atoms with van der Waals surface area (Å²) in [6.07, 6.45) is 0. The standard InChI is InChI=1S/C16H15N3/c1-11-15(18-19-16(11)17)14-9-7-13(8-10-14)12-5-3-2-4-6-12/h2-10H,1H3,(H3,17,18,19). The number of hydrogen-bond acceptors (Lipinski definition) is 2. The molecule has 3 rings (SSSR count). The van der Waals surface area contributed by atoms with Crippen molar-refractivity contribution in [1.29, 1.82) is 0 Å². The lowest BCUT2D eigenvalue weighted by atomic mass is 10.0. The summed E-state index contributed by atoms with van der Waals surface area (Å²) < 4.78 is 0. The van der Waals surface area contributed by atoms with Gasteiger partial charge in [-0.2, -0.15) is 5.10 Å². The second-order valence-corrected chi connectivity index (χ2v) is 4.55. The Hall–Kier alpha value is -2.55. The van der Waals surface area contributed by atoms with Crippen molar-refractivity contribution in [3.63, 3.8) is 0 Å². The van der Waals surface area contributed by atoms with Gasteiger partial charge in [-0.1, -0.05) is 54.6 Å². The lowest BCUT2D eigenvalue weighted by Gasteiger charge is -2.04. The molecule has 2 aromatic carbocycles. The second-order valence-electron chi connectivity index (χ2n) is 4.55.